The van der Waals surface area contributed by atoms with Gasteiger partial charge in [0.15, 0.2) is 0 Å². The molecule has 2 fully saturated rings. The van der Waals surface area contributed by atoms with Gasteiger partial charge in [-0.2, -0.15) is 0 Å². The Hall–Kier alpha value is -2.88. The molecular formula is C22H25Cl2N7O2. The lowest BCUT2D eigenvalue weighted by molar-refractivity contribution is -0.135. The van der Waals surface area contributed by atoms with E-state index in [1.54, 1.807) is 35.5 Å². The second-order valence-electron chi connectivity index (χ2n) is 7.88. The van der Waals surface area contributed by atoms with Crippen molar-refractivity contribution in [2.24, 2.45) is 0 Å². The number of anilines is 3. The number of carbonyl (C=O) groups is 2. The molecule has 2 N–H and O–H groups in total. The molecule has 4 rings (SSSR count). The molecule has 1 aromatic carbocycles. The lowest BCUT2D eigenvalue weighted by Crippen LogP contribution is -2.64. The van der Waals surface area contributed by atoms with Gasteiger partial charge in [0, 0.05) is 57.7 Å². The third-order valence-corrected chi connectivity index (χ3v) is 6.56. The minimum absolute atomic E-state index is 0.000273. The summed E-state index contributed by atoms with van der Waals surface area (Å²) in [6.07, 6.45) is 4.60. The SMILES string of the molecule is C=CC(=O)N1CC(N2CCN(C(=O)CNc3cc(Cl)c(Cl)cc3Nc3ncccn3)CC2)C1. The molecule has 0 aliphatic carbocycles. The van der Waals surface area contributed by atoms with Gasteiger partial charge in [-0.25, -0.2) is 9.97 Å². The lowest BCUT2D eigenvalue weighted by atomic mass is 10.1. The number of piperazine rings is 1. The van der Waals surface area contributed by atoms with E-state index in [1.165, 1.54) is 6.08 Å². The number of nitrogens with one attached hydrogen (secondary N) is 2. The Kier molecular flexibility index (Phi) is 7.32. The van der Waals surface area contributed by atoms with Crippen molar-refractivity contribution in [2.75, 3.05) is 56.4 Å². The third-order valence-electron chi connectivity index (χ3n) is 5.83. The van der Waals surface area contributed by atoms with Crippen LogP contribution in [0.3, 0.4) is 0 Å². The summed E-state index contributed by atoms with van der Waals surface area (Å²) in [6, 6.07) is 5.42. The van der Waals surface area contributed by atoms with Gasteiger partial charge in [0.25, 0.3) is 0 Å². The van der Waals surface area contributed by atoms with Crippen molar-refractivity contribution >= 4 is 52.3 Å². The number of hydrogen-bond donors (Lipinski definition) is 2. The quantitative estimate of drug-likeness (QED) is 0.576. The predicted molar refractivity (Wildman–Crippen MR) is 129 cm³/mol. The van der Waals surface area contributed by atoms with Gasteiger partial charge in [-0.15, -0.1) is 0 Å². The average molecular weight is 490 g/mol. The minimum atomic E-state index is -0.0267. The Labute approximate surface area is 202 Å². The summed E-state index contributed by atoms with van der Waals surface area (Å²) in [6.45, 7) is 7.96. The maximum Gasteiger partial charge on any atom is 0.246 e. The van der Waals surface area contributed by atoms with Crippen LogP contribution in [0, 0.1) is 0 Å². The standard InChI is InChI=1S/C22H25Cl2N7O2/c1-2-20(32)31-13-15(14-31)29-6-8-30(9-7-29)21(33)12-27-18-10-16(23)17(24)11-19(18)28-22-25-4-3-5-26-22/h2-5,10-11,15,27H,1,6-9,12-14H2,(H,25,26,28). The smallest absolute Gasteiger partial charge is 0.246 e. The number of hydrogen-bond acceptors (Lipinski definition) is 7. The maximum absolute atomic E-state index is 12.8. The van der Waals surface area contributed by atoms with E-state index in [4.69, 9.17) is 23.2 Å². The van der Waals surface area contributed by atoms with Crippen LogP contribution < -0.4 is 10.6 Å². The number of halogens is 2. The van der Waals surface area contributed by atoms with Crippen LogP contribution in [0.2, 0.25) is 10.0 Å². The van der Waals surface area contributed by atoms with Crippen LogP contribution in [0.25, 0.3) is 0 Å². The van der Waals surface area contributed by atoms with Crippen LogP contribution in [0.5, 0.6) is 0 Å². The number of nitrogens with zero attached hydrogens (tertiary/aromatic N) is 5. The summed E-state index contributed by atoms with van der Waals surface area (Å²) in [4.78, 5) is 38.7. The second kappa shape index (κ2) is 10.4. The van der Waals surface area contributed by atoms with Crippen LogP contribution in [0.1, 0.15) is 0 Å². The zero-order valence-electron chi connectivity index (χ0n) is 18.0. The van der Waals surface area contributed by atoms with Gasteiger partial charge in [0.1, 0.15) is 0 Å². The molecule has 174 valence electrons. The Morgan fingerprint density at radius 1 is 1.03 bits per heavy atom. The fourth-order valence-corrected chi connectivity index (χ4v) is 4.22. The van der Waals surface area contributed by atoms with Gasteiger partial charge in [-0.3, -0.25) is 14.5 Å². The number of amides is 2. The third kappa shape index (κ3) is 5.55. The molecule has 0 bridgehead atoms. The predicted octanol–water partition coefficient (Wildman–Crippen LogP) is 2.48. The highest BCUT2D eigenvalue weighted by atomic mass is 35.5. The number of carbonyl (C=O) groups excluding carboxylic acids is 2. The molecule has 1 aromatic heterocycles. The molecule has 2 aliphatic rings. The lowest BCUT2D eigenvalue weighted by Gasteiger charge is -2.47. The Morgan fingerprint density at radius 2 is 1.67 bits per heavy atom. The van der Waals surface area contributed by atoms with Crippen LogP contribution in [-0.4, -0.2) is 88.3 Å². The molecule has 11 heteroatoms. The van der Waals surface area contributed by atoms with Crippen molar-refractivity contribution in [1.29, 1.82) is 0 Å². The van der Waals surface area contributed by atoms with Crippen molar-refractivity contribution in [1.82, 2.24) is 24.7 Å². The summed E-state index contributed by atoms with van der Waals surface area (Å²) in [5, 5.41) is 7.02. The first-order chi connectivity index (χ1) is 15.9. The summed E-state index contributed by atoms with van der Waals surface area (Å²) < 4.78 is 0. The number of aromatic nitrogens is 2. The molecule has 0 unspecified atom stereocenters. The Balaban J connectivity index is 1.30. The highest BCUT2D eigenvalue weighted by Crippen LogP contribution is 2.33. The van der Waals surface area contributed by atoms with E-state index in [9.17, 15) is 9.59 Å². The van der Waals surface area contributed by atoms with E-state index in [2.05, 4.69) is 32.1 Å². The largest absolute Gasteiger partial charge is 0.374 e. The van der Waals surface area contributed by atoms with E-state index in [0.717, 1.165) is 26.2 Å². The molecule has 0 spiro atoms. The number of likely N-dealkylation sites (tertiary alicyclic amines) is 1. The van der Waals surface area contributed by atoms with E-state index in [1.807, 2.05) is 4.90 Å². The Morgan fingerprint density at radius 3 is 2.30 bits per heavy atom. The van der Waals surface area contributed by atoms with E-state index < -0.39 is 0 Å². The summed E-state index contributed by atoms with van der Waals surface area (Å²) in [5.74, 6) is 0.381. The molecule has 2 aliphatic heterocycles. The van der Waals surface area contributed by atoms with Gasteiger partial charge >= 0.3 is 0 Å². The first-order valence-electron chi connectivity index (χ1n) is 10.6. The van der Waals surface area contributed by atoms with Gasteiger partial charge < -0.3 is 20.4 Å². The van der Waals surface area contributed by atoms with Gasteiger partial charge in [-0.1, -0.05) is 29.8 Å². The van der Waals surface area contributed by atoms with Gasteiger partial charge in [-0.05, 0) is 24.3 Å². The van der Waals surface area contributed by atoms with E-state index in [-0.39, 0.29) is 18.4 Å². The molecule has 33 heavy (non-hydrogen) atoms. The van der Waals surface area contributed by atoms with Crippen LogP contribution in [-0.2, 0) is 9.59 Å². The van der Waals surface area contributed by atoms with E-state index >= 15 is 0 Å². The molecular weight excluding hydrogens is 465 g/mol. The molecule has 0 radical (unpaired) electrons. The highest BCUT2D eigenvalue weighted by Gasteiger charge is 2.35. The molecule has 3 heterocycles. The normalized spacial score (nSPS) is 16.8. The van der Waals surface area contributed by atoms with E-state index in [0.29, 0.717) is 46.5 Å². The fraction of sp³-hybridized carbons (Fsp3) is 0.364. The second-order valence-corrected chi connectivity index (χ2v) is 8.70. The minimum Gasteiger partial charge on any atom is -0.374 e. The van der Waals surface area contributed by atoms with Crippen molar-refractivity contribution in [3.05, 3.63) is 53.3 Å². The summed E-state index contributed by atoms with van der Waals surface area (Å²) in [5.41, 5.74) is 1.25. The number of benzene rings is 1. The van der Waals surface area contributed by atoms with Crippen molar-refractivity contribution in [3.63, 3.8) is 0 Å². The van der Waals surface area contributed by atoms with Gasteiger partial charge in [0.05, 0.1) is 28.0 Å². The maximum atomic E-state index is 12.8. The van der Waals surface area contributed by atoms with Crippen LogP contribution in [0.15, 0.2) is 43.2 Å². The van der Waals surface area contributed by atoms with Crippen LogP contribution in [0.4, 0.5) is 17.3 Å². The molecule has 0 atom stereocenters. The zero-order valence-corrected chi connectivity index (χ0v) is 19.5. The zero-order chi connectivity index (χ0) is 23.4. The van der Waals surface area contributed by atoms with Crippen molar-refractivity contribution < 1.29 is 9.59 Å². The van der Waals surface area contributed by atoms with Crippen molar-refractivity contribution in [3.8, 4) is 0 Å². The van der Waals surface area contributed by atoms with Gasteiger partial charge in [0.2, 0.25) is 17.8 Å². The molecule has 2 aromatic rings. The molecule has 0 saturated carbocycles. The highest BCUT2D eigenvalue weighted by molar-refractivity contribution is 6.42. The molecule has 9 nitrogen and oxygen atoms in total. The first-order valence-corrected chi connectivity index (χ1v) is 11.4. The van der Waals surface area contributed by atoms with Crippen molar-refractivity contribution in [2.45, 2.75) is 6.04 Å². The fourth-order valence-electron chi connectivity index (χ4n) is 3.90. The molecule has 2 saturated heterocycles. The monoisotopic (exact) mass is 489 g/mol. The summed E-state index contributed by atoms with van der Waals surface area (Å²) >= 11 is 12.4. The summed E-state index contributed by atoms with van der Waals surface area (Å²) in [7, 11) is 0. The topological polar surface area (TPSA) is 93.7 Å². The number of rotatable bonds is 7. The Bertz CT molecular complexity index is 1020. The first kappa shape index (κ1) is 23.3. The average Bonchev–Trinajstić information content (AvgIpc) is 2.80. The molecule has 2 amide bonds. The van der Waals surface area contributed by atoms with Crippen LogP contribution >= 0.6 is 23.2 Å².